The van der Waals surface area contributed by atoms with E-state index in [9.17, 15) is 4.79 Å². The molecule has 0 saturated heterocycles. The van der Waals surface area contributed by atoms with E-state index in [4.69, 9.17) is 9.47 Å². The van der Waals surface area contributed by atoms with Gasteiger partial charge in [0.15, 0.2) is 0 Å². The van der Waals surface area contributed by atoms with Crippen molar-refractivity contribution in [2.75, 3.05) is 0 Å². The van der Waals surface area contributed by atoms with E-state index in [0.717, 1.165) is 24.0 Å². The molecule has 0 N–H and O–H groups in total. The summed E-state index contributed by atoms with van der Waals surface area (Å²) in [5.74, 6) is 4.33. The topological polar surface area (TPSA) is 35.5 Å². The SMILES string of the molecule is C=C(C)C(=O)Oc1ccc(OC2(CC)C3CC4CC(C3)CC2C4)cc1. The molecule has 1 aromatic rings. The highest BCUT2D eigenvalue weighted by Crippen LogP contribution is 2.60. The fraction of sp³-hybridized carbons (Fsp3) is 0.591. The largest absolute Gasteiger partial charge is 0.487 e. The zero-order chi connectivity index (χ0) is 17.6. The Labute approximate surface area is 150 Å². The molecule has 0 amide bonds. The van der Waals surface area contributed by atoms with Gasteiger partial charge in [-0.2, -0.15) is 0 Å². The van der Waals surface area contributed by atoms with Crippen molar-refractivity contribution >= 4 is 5.97 Å². The molecule has 0 aromatic heterocycles. The Kier molecular flexibility index (Phi) is 4.13. The molecule has 5 rings (SSSR count). The van der Waals surface area contributed by atoms with Gasteiger partial charge < -0.3 is 9.47 Å². The fourth-order valence-electron chi connectivity index (χ4n) is 5.79. The number of benzene rings is 1. The Hall–Kier alpha value is -1.77. The minimum atomic E-state index is -0.389. The van der Waals surface area contributed by atoms with E-state index < -0.39 is 0 Å². The van der Waals surface area contributed by atoms with Gasteiger partial charge in [-0.25, -0.2) is 4.79 Å². The molecule has 4 bridgehead atoms. The van der Waals surface area contributed by atoms with Crippen LogP contribution in [-0.4, -0.2) is 11.6 Å². The molecule has 25 heavy (non-hydrogen) atoms. The number of rotatable bonds is 5. The fourth-order valence-corrected chi connectivity index (χ4v) is 5.79. The quantitative estimate of drug-likeness (QED) is 0.422. The first-order valence-corrected chi connectivity index (χ1v) is 9.67. The molecule has 134 valence electrons. The van der Waals surface area contributed by atoms with E-state index in [1.165, 1.54) is 32.1 Å². The van der Waals surface area contributed by atoms with Crippen molar-refractivity contribution in [3.63, 3.8) is 0 Å². The van der Waals surface area contributed by atoms with Crippen LogP contribution in [0.15, 0.2) is 36.4 Å². The Morgan fingerprint density at radius 1 is 1.04 bits per heavy atom. The van der Waals surface area contributed by atoms with E-state index in [0.29, 0.717) is 23.2 Å². The summed E-state index contributed by atoms with van der Waals surface area (Å²) in [6, 6.07) is 7.50. The van der Waals surface area contributed by atoms with Crippen LogP contribution < -0.4 is 9.47 Å². The van der Waals surface area contributed by atoms with Crippen LogP contribution in [0.3, 0.4) is 0 Å². The maximum absolute atomic E-state index is 11.6. The average Bonchev–Trinajstić information content (AvgIpc) is 2.59. The Morgan fingerprint density at radius 3 is 2.04 bits per heavy atom. The minimum Gasteiger partial charge on any atom is -0.487 e. The summed E-state index contributed by atoms with van der Waals surface area (Å²) in [5.41, 5.74) is 0.405. The lowest BCUT2D eigenvalue weighted by Crippen LogP contribution is -2.60. The summed E-state index contributed by atoms with van der Waals surface area (Å²) in [7, 11) is 0. The third-order valence-electron chi connectivity index (χ3n) is 6.76. The summed E-state index contributed by atoms with van der Waals surface area (Å²) >= 11 is 0. The van der Waals surface area contributed by atoms with Gasteiger partial charge in [-0.1, -0.05) is 13.5 Å². The Balaban J connectivity index is 1.51. The van der Waals surface area contributed by atoms with Crippen molar-refractivity contribution in [3.8, 4) is 11.5 Å². The smallest absolute Gasteiger partial charge is 0.338 e. The minimum absolute atomic E-state index is 0.00329. The molecule has 4 saturated carbocycles. The van der Waals surface area contributed by atoms with Crippen molar-refractivity contribution in [2.24, 2.45) is 23.7 Å². The van der Waals surface area contributed by atoms with Gasteiger partial charge in [0.25, 0.3) is 0 Å². The van der Waals surface area contributed by atoms with Gasteiger partial charge in [0.05, 0.1) is 0 Å². The predicted molar refractivity (Wildman–Crippen MR) is 97.6 cm³/mol. The van der Waals surface area contributed by atoms with E-state index in [-0.39, 0.29) is 11.6 Å². The molecule has 0 aliphatic heterocycles. The highest BCUT2D eigenvalue weighted by atomic mass is 16.5. The second-order valence-electron chi connectivity index (χ2n) is 8.36. The first-order valence-electron chi connectivity index (χ1n) is 9.67. The van der Waals surface area contributed by atoms with Gasteiger partial charge in [0.2, 0.25) is 0 Å². The molecule has 3 heteroatoms. The summed E-state index contributed by atoms with van der Waals surface area (Å²) in [6.07, 6.45) is 7.90. The predicted octanol–water partition coefficient (Wildman–Crippen LogP) is 5.15. The number of hydrogen-bond acceptors (Lipinski definition) is 3. The van der Waals surface area contributed by atoms with Crippen molar-refractivity contribution in [1.29, 1.82) is 0 Å². The number of esters is 1. The number of hydrogen-bond donors (Lipinski definition) is 0. The van der Waals surface area contributed by atoms with Crippen LogP contribution in [0.25, 0.3) is 0 Å². The first kappa shape index (κ1) is 16.7. The monoisotopic (exact) mass is 340 g/mol. The third kappa shape index (κ3) is 2.88. The molecule has 0 heterocycles. The Morgan fingerprint density at radius 2 is 1.56 bits per heavy atom. The molecule has 0 unspecified atom stereocenters. The molecular formula is C22H28O3. The van der Waals surface area contributed by atoms with Crippen molar-refractivity contribution in [2.45, 2.75) is 58.0 Å². The third-order valence-corrected chi connectivity index (χ3v) is 6.76. The van der Waals surface area contributed by atoms with Crippen LogP contribution in [0.1, 0.15) is 52.4 Å². The number of carbonyl (C=O) groups excluding carboxylic acids is 1. The molecule has 4 fully saturated rings. The second-order valence-corrected chi connectivity index (χ2v) is 8.36. The second kappa shape index (κ2) is 6.19. The van der Waals surface area contributed by atoms with Gasteiger partial charge in [0, 0.05) is 5.57 Å². The lowest BCUT2D eigenvalue weighted by atomic mass is 9.49. The van der Waals surface area contributed by atoms with Crippen molar-refractivity contribution in [1.82, 2.24) is 0 Å². The van der Waals surface area contributed by atoms with E-state index in [1.807, 2.05) is 24.3 Å². The highest BCUT2D eigenvalue weighted by molar-refractivity contribution is 5.88. The molecule has 0 atom stereocenters. The summed E-state index contributed by atoms with van der Waals surface area (Å²) in [5, 5.41) is 0. The Bertz CT molecular complexity index is 645. The molecular weight excluding hydrogens is 312 g/mol. The van der Waals surface area contributed by atoms with E-state index >= 15 is 0 Å². The number of carbonyl (C=O) groups is 1. The van der Waals surface area contributed by atoms with Crippen LogP contribution in [0, 0.1) is 23.7 Å². The van der Waals surface area contributed by atoms with Crippen LogP contribution >= 0.6 is 0 Å². The number of ether oxygens (including phenoxy) is 2. The van der Waals surface area contributed by atoms with Crippen LogP contribution in [0.2, 0.25) is 0 Å². The normalized spacial score (nSPS) is 35.4. The zero-order valence-electron chi connectivity index (χ0n) is 15.3. The van der Waals surface area contributed by atoms with E-state index in [2.05, 4.69) is 13.5 Å². The summed E-state index contributed by atoms with van der Waals surface area (Å²) < 4.78 is 12.0. The summed E-state index contributed by atoms with van der Waals surface area (Å²) in [6.45, 7) is 7.54. The van der Waals surface area contributed by atoms with Crippen molar-refractivity contribution < 1.29 is 14.3 Å². The van der Waals surface area contributed by atoms with Gasteiger partial charge in [0.1, 0.15) is 17.1 Å². The molecule has 0 radical (unpaired) electrons. The van der Waals surface area contributed by atoms with Gasteiger partial charge in [-0.05, 0) is 93.4 Å². The molecule has 0 spiro atoms. The molecule has 1 aromatic carbocycles. The maximum Gasteiger partial charge on any atom is 0.338 e. The van der Waals surface area contributed by atoms with Crippen LogP contribution in [0.4, 0.5) is 0 Å². The van der Waals surface area contributed by atoms with Crippen LogP contribution in [-0.2, 0) is 4.79 Å². The van der Waals surface area contributed by atoms with Crippen LogP contribution in [0.5, 0.6) is 11.5 Å². The lowest BCUT2D eigenvalue weighted by molar-refractivity contribution is -0.157. The highest BCUT2D eigenvalue weighted by Gasteiger charge is 2.57. The van der Waals surface area contributed by atoms with Gasteiger partial charge in [-0.3, -0.25) is 0 Å². The average molecular weight is 340 g/mol. The molecule has 4 aliphatic rings. The van der Waals surface area contributed by atoms with Gasteiger partial charge >= 0.3 is 5.97 Å². The maximum atomic E-state index is 11.6. The first-order chi connectivity index (χ1) is 12.0. The molecule has 4 aliphatic carbocycles. The standard InChI is InChI=1S/C22H28O3/c1-4-22(17-10-15-9-16(12-17)13-18(22)11-15)25-20-7-5-19(6-8-20)24-21(23)14(2)3/h5-8,15-18H,2,4,9-13H2,1,3H3. The summed E-state index contributed by atoms with van der Waals surface area (Å²) in [4.78, 5) is 11.6. The van der Waals surface area contributed by atoms with Gasteiger partial charge in [-0.15, -0.1) is 0 Å². The molecule has 3 nitrogen and oxygen atoms in total. The lowest BCUT2D eigenvalue weighted by Gasteiger charge is -2.60. The van der Waals surface area contributed by atoms with Crippen molar-refractivity contribution in [3.05, 3.63) is 36.4 Å². The zero-order valence-corrected chi connectivity index (χ0v) is 15.3. The van der Waals surface area contributed by atoms with E-state index in [1.54, 1.807) is 6.92 Å².